The number of carbonyl (C=O) groups excluding carboxylic acids is 1. The summed E-state index contributed by atoms with van der Waals surface area (Å²) in [4.78, 5) is 18.4. The molecule has 8 heteroatoms. The third kappa shape index (κ3) is 7.32. The van der Waals surface area contributed by atoms with Crippen molar-refractivity contribution in [1.29, 1.82) is 0 Å². The van der Waals surface area contributed by atoms with Crippen LogP contribution < -0.4 is 24.7 Å². The van der Waals surface area contributed by atoms with Crippen molar-refractivity contribution in [3.8, 4) is 23.0 Å². The lowest BCUT2D eigenvalue weighted by molar-refractivity contribution is 0.0682. The summed E-state index contributed by atoms with van der Waals surface area (Å²) in [5.74, 6) is 2.31. The van der Waals surface area contributed by atoms with Crippen LogP contribution in [-0.2, 0) is 6.42 Å². The first-order valence-electron chi connectivity index (χ1n) is 14.0. The number of nitrogens with two attached hydrogens (primary N) is 1. The van der Waals surface area contributed by atoms with Gasteiger partial charge in [-0.15, -0.1) is 0 Å². The molecule has 2 aromatic rings. The lowest BCUT2D eigenvalue weighted by atomic mass is 9.95. The molecule has 1 amide bonds. The van der Waals surface area contributed by atoms with Crippen LogP contribution in [0.15, 0.2) is 36.4 Å². The minimum Gasteiger partial charge on any atom is -0.494 e. The summed E-state index contributed by atoms with van der Waals surface area (Å²) in [7, 11) is 3.15. The van der Waals surface area contributed by atoms with Gasteiger partial charge >= 0.3 is 0 Å². The summed E-state index contributed by atoms with van der Waals surface area (Å²) in [5.41, 5.74) is 7.47. The maximum atomic E-state index is 13.8. The number of piperidine rings is 1. The Morgan fingerprint density at radius 1 is 1.00 bits per heavy atom. The van der Waals surface area contributed by atoms with Crippen molar-refractivity contribution in [2.45, 2.75) is 51.0 Å². The highest BCUT2D eigenvalue weighted by Crippen LogP contribution is 2.39. The molecule has 1 atom stereocenters. The number of aryl methyl sites for hydroxylation is 1. The van der Waals surface area contributed by atoms with Gasteiger partial charge in [-0.25, -0.2) is 0 Å². The van der Waals surface area contributed by atoms with Crippen LogP contribution in [0.25, 0.3) is 0 Å². The van der Waals surface area contributed by atoms with E-state index in [1.807, 2.05) is 11.0 Å². The van der Waals surface area contributed by atoms with E-state index in [4.69, 9.17) is 24.7 Å². The minimum atomic E-state index is -0.0437. The van der Waals surface area contributed by atoms with Gasteiger partial charge in [0.05, 0.1) is 27.4 Å². The topological polar surface area (TPSA) is 86.5 Å². The fraction of sp³-hybridized carbons (Fsp3) is 0.567. The zero-order valence-electron chi connectivity index (χ0n) is 23.0. The first kappa shape index (κ1) is 28.0. The maximum absolute atomic E-state index is 13.8. The molecular weight excluding hydrogens is 482 g/mol. The quantitative estimate of drug-likeness (QED) is 0.544. The third-order valence-electron chi connectivity index (χ3n) is 7.50. The Morgan fingerprint density at radius 3 is 2.58 bits per heavy atom. The maximum Gasteiger partial charge on any atom is 0.254 e. The van der Waals surface area contributed by atoms with Crippen molar-refractivity contribution in [2.75, 3.05) is 60.2 Å². The van der Waals surface area contributed by atoms with Crippen LogP contribution in [0, 0.1) is 0 Å². The molecule has 0 spiro atoms. The largest absolute Gasteiger partial charge is 0.494 e. The van der Waals surface area contributed by atoms with Gasteiger partial charge in [0.15, 0.2) is 11.5 Å². The van der Waals surface area contributed by atoms with Crippen LogP contribution in [0.4, 0.5) is 0 Å². The molecule has 2 aliphatic rings. The molecule has 4 rings (SSSR count). The SMILES string of the molecule is COc1cc(C(=O)N2CCCOc3cccc(c3)CCC3CCCCN3CC2)cc(OC)c1OCCCN. The highest BCUT2D eigenvalue weighted by atomic mass is 16.5. The highest BCUT2D eigenvalue weighted by molar-refractivity contribution is 5.95. The molecule has 1 fully saturated rings. The van der Waals surface area contributed by atoms with E-state index in [0.29, 0.717) is 68.1 Å². The number of ether oxygens (including phenoxy) is 4. The second kappa shape index (κ2) is 14.3. The molecule has 2 bridgehead atoms. The lowest BCUT2D eigenvalue weighted by Crippen LogP contribution is -2.45. The minimum absolute atomic E-state index is 0.0437. The van der Waals surface area contributed by atoms with E-state index in [9.17, 15) is 4.79 Å². The van der Waals surface area contributed by atoms with E-state index < -0.39 is 0 Å². The Balaban J connectivity index is 1.55. The van der Waals surface area contributed by atoms with Crippen molar-refractivity contribution in [1.82, 2.24) is 9.80 Å². The lowest BCUT2D eigenvalue weighted by Gasteiger charge is -2.37. The van der Waals surface area contributed by atoms with Crippen molar-refractivity contribution in [3.05, 3.63) is 47.5 Å². The number of hydrogen-bond donors (Lipinski definition) is 1. The first-order valence-corrected chi connectivity index (χ1v) is 14.0. The molecule has 8 nitrogen and oxygen atoms in total. The van der Waals surface area contributed by atoms with E-state index in [1.165, 1.54) is 24.8 Å². The number of benzene rings is 2. The molecule has 0 saturated carbocycles. The summed E-state index contributed by atoms with van der Waals surface area (Å²) in [6.07, 6.45) is 7.32. The number of rotatable bonds is 7. The zero-order valence-corrected chi connectivity index (χ0v) is 23.0. The molecule has 1 unspecified atom stereocenters. The fourth-order valence-electron chi connectivity index (χ4n) is 5.40. The molecule has 2 aliphatic heterocycles. The molecule has 0 radical (unpaired) electrons. The van der Waals surface area contributed by atoms with E-state index in [1.54, 1.807) is 26.4 Å². The number of methoxy groups -OCH3 is 2. The van der Waals surface area contributed by atoms with Crippen molar-refractivity contribution in [2.24, 2.45) is 5.73 Å². The van der Waals surface area contributed by atoms with Gasteiger partial charge in [0.25, 0.3) is 5.91 Å². The van der Waals surface area contributed by atoms with Crippen LogP contribution >= 0.6 is 0 Å². The number of amides is 1. The average molecular weight is 526 g/mol. The van der Waals surface area contributed by atoms with Crippen molar-refractivity contribution < 1.29 is 23.7 Å². The van der Waals surface area contributed by atoms with Gasteiger partial charge in [0.1, 0.15) is 5.75 Å². The van der Waals surface area contributed by atoms with Crippen molar-refractivity contribution in [3.63, 3.8) is 0 Å². The number of nitrogens with zero attached hydrogens (tertiary/aromatic N) is 2. The monoisotopic (exact) mass is 525 g/mol. The molecule has 38 heavy (non-hydrogen) atoms. The van der Waals surface area contributed by atoms with Crippen molar-refractivity contribution >= 4 is 5.91 Å². The molecule has 2 N–H and O–H groups in total. The Hall–Kier alpha value is -2.97. The first-order chi connectivity index (χ1) is 18.6. The Kier molecular flexibility index (Phi) is 10.5. The number of hydrogen-bond acceptors (Lipinski definition) is 7. The molecular formula is C30H43N3O5. The predicted octanol–water partition coefficient (Wildman–Crippen LogP) is 4.14. The van der Waals surface area contributed by atoms with E-state index >= 15 is 0 Å². The van der Waals surface area contributed by atoms with Gasteiger partial charge < -0.3 is 29.6 Å². The smallest absolute Gasteiger partial charge is 0.254 e. The number of fused-ring (bicyclic) bond motifs is 3. The van der Waals surface area contributed by atoms with Gasteiger partial charge in [0.2, 0.25) is 5.75 Å². The van der Waals surface area contributed by atoms with Crippen LogP contribution in [-0.4, -0.2) is 81.9 Å². The highest BCUT2D eigenvalue weighted by Gasteiger charge is 2.26. The summed E-state index contributed by atoms with van der Waals surface area (Å²) >= 11 is 0. The third-order valence-corrected chi connectivity index (χ3v) is 7.50. The van der Waals surface area contributed by atoms with E-state index in [2.05, 4.69) is 23.1 Å². The second-order valence-corrected chi connectivity index (χ2v) is 10.1. The van der Waals surface area contributed by atoms with Gasteiger partial charge in [-0.05, 0) is 81.4 Å². The predicted molar refractivity (Wildman–Crippen MR) is 149 cm³/mol. The Labute approximate surface area is 227 Å². The molecule has 1 saturated heterocycles. The summed E-state index contributed by atoms with van der Waals surface area (Å²) < 4.78 is 23.1. The van der Waals surface area contributed by atoms with E-state index in [0.717, 1.165) is 38.1 Å². The standard InChI is InChI=1S/C30H43N3O5/c1-35-27-21-24(22-28(36-2)29(27)38-18-6-13-31)30(34)33-15-7-19-37-26-10-5-8-23(20-26)11-12-25-9-3-4-14-32(25)16-17-33/h5,8,10,20-22,25H,3-4,6-7,9,11-19,31H2,1-2H3. The summed E-state index contributed by atoms with van der Waals surface area (Å²) in [5, 5.41) is 0. The van der Waals surface area contributed by atoms with Gasteiger partial charge in [0, 0.05) is 31.2 Å². The van der Waals surface area contributed by atoms with Gasteiger partial charge in [-0.2, -0.15) is 0 Å². The van der Waals surface area contributed by atoms with Crippen LogP contribution in [0.5, 0.6) is 23.0 Å². The number of carbonyl (C=O) groups is 1. The van der Waals surface area contributed by atoms with E-state index in [-0.39, 0.29) is 5.91 Å². The zero-order chi connectivity index (χ0) is 26.7. The Bertz CT molecular complexity index is 1020. The second-order valence-electron chi connectivity index (χ2n) is 10.1. The van der Waals surface area contributed by atoms with Gasteiger partial charge in [-0.3, -0.25) is 9.69 Å². The molecule has 208 valence electrons. The fourth-order valence-corrected chi connectivity index (χ4v) is 5.40. The molecule has 2 aromatic carbocycles. The molecule has 0 aliphatic carbocycles. The Morgan fingerprint density at radius 2 is 1.82 bits per heavy atom. The van der Waals surface area contributed by atoms with Crippen LogP contribution in [0.2, 0.25) is 0 Å². The molecule has 2 heterocycles. The average Bonchev–Trinajstić information content (AvgIpc) is 2.95. The van der Waals surface area contributed by atoms with Gasteiger partial charge in [-0.1, -0.05) is 18.6 Å². The van der Waals surface area contributed by atoms with Crippen LogP contribution in [0.3, 0.4) is 0 Å². The summed E-state index contributed by atoms with van der Waals surface area (Å²) in [6, 6.07) is 12.5. The van der Waals surface area contributed by atoms with Crippen LogP contribution in [0.1, 0.15) is 54.4 Å². The normalized spacial score (nSPS) is 19.0. The molecule has 0 aromatic heterocycles. The summed E-state index contributed by atoms with van der Waals surface area (Å²) in [6.45, 7) is 4.76.